The maximum absolute atomic E-state index is 9.57. The van der Waals surface area contributed by atoms with Crippen molar-refractivity contribution in [2.75, 3.05) is 31.1 Å². The minimum Gasteiger partial charge on any atom is -0.508 e. The van der Waals surface area contributed by atoms with Gasteiger partial charge in [-0.3, -0.25) is 4.90 Å². The largest absolute Gasteiger partial charge is 0.508 e. The normalized spacial score (nSPS) is 15.8. The second-order valence-corrected chi connectivity index (χ2v) is 6.05. The van der Waals surface area contributed by atoms with Crippen LogP contribution in [0.3, 0.4) is 0 Å². The van der Waals surface area contributed by atoms with Crippen LogP contribution < -0.4 is 4.90 Å². The Morgan fingerprint density at radius 1 is 1.09 bits per heavy atom. The first-order valence-corrected chi connectivity index (χ1v) is 8.24. The van der Waals surface area contributed by atoms with Gasteiger partial charge >= 0.3 is 0 Å². The fourth-order valence-corrected chi connectivity index (χ4v) is 3.00. The molecule has 5 nitrogen and oxygen atoms in total. The summed E-state index contributed by atoms with van der Waals surface area (Å²) in [5, 5.41) is 9.57. The third-order valence-electron chi connectivity index (χ3n) is 4.25. The van der Waals surface area contributed by atoms with Crippen molar-refractivity contribution in [2.45, 2.75) is 26.8 Å². The van der Waals surface area contributed by atoms with Gasteiger partial charge in [0.1, 0.15) is 17.4 Å². The van der Waals surface area contributed by atoms with E-state index in [0.29, 0.717) is 5.75 Å². The van der Waals surface area contributed by atoms with Gasteiger partial charge in [0.2, 0.25) is 0 Å². The zero-order valence-electron chi connectivity index (χ0n) is 13.9. The molecule has 2 heterocycles. The highest BCUT2D eigenvalue weighted by Gasteiger charge is 2.19. The maximum atomic E-state index is 9.57. The molecule has 1 aromatic carbocycles. The van der Waals surface area contributed by atoms with Crippen LogP contribution in [0.1, 0.15) is 24.0 Å². The van der Waals surface area contributed by atoms with E-state index in [1.54, 1.807) is 6.07 Å². The Morgan fingerprint density at radius 2 is 1.87 bits per heavy atom. The van der Waals surface area contributed by atoms with E-state index in [-0.39, 0.29) is 0 Å². The van der Waals surface area contributed by atoms with Crippen LogP contribution in [0.5, 0.6) is 5.75 Å². The number of piperazine rings is 1. The van der Waals surface area contributed by atoms with Crippen molar-refractivity contribution in [1.82, 2.24) is 14.9 Å². The molecule has 0 amide bonds. The van der Waals surface area contributed by atoms with Crippen LogP contribution >= 0.6 is 0 Å². The van der Waals surface area contributed by atoms with Gasteiger partial charge in [0.25, 0.3) is 0 Å². The number of nitrogens with zero attached hydrogens (tertiary/aromatic N) is 4. The van der Waals surface area contributed by atoms with E-state index in [0.717, 1.165) is 62.0 Å². The Labute approximate surface area is 137 Å². The molecule has 1 saturated heterocycles. The topological polar surface area (TPSA) is 52.5 Å². The number of aromatic nitrogens is 2. The monoisotopic (exact) mass is 312 g/mol. The van der Waals surface area contributed by atoms with Crippen LogP contribution in [0.15, 0.2) is 30.3 Å². The number of rotatable bonds is 4. The number of phenols is 1. The molecule has 1 aliphatic heterocycles. The van der Waals surface area contributed by atoms with Crippen LogP contribution in [0.4, 0.5) is 5.82 Å². The van der Waals surface area contributed by atoms with Gasteiger partial charge in [-0.2, -0.15) is 0 Å². The van der Waals surface area contributed by atoms with Gasteiger partial charge in [-0.05, 0) is 31.0 Å². The molecule has 1 fully saturated rings. The highest BCUT2D eigenvalue weighted by Crippen LogP contribution is 2.18. The van der Waals surface area contributed by atoms with Gasteiger partial charge < -0.3 is 10.0 Å². The number of hydrogen-bond donors (Lipinski definition) is 1. The molecule has 0 aliphatic carbocycles. The Hall–Kier alpha value is -2.14. The van der Waals surface area contributed by atoms with E-state index in [1.807, 2.05) is 19.1 Å². The number of anilines is 1. The molecule has 1 aliphatic rings. The Kier molecular flexibility index (Phi) is 4.76. The minimum atomic E-state index is 0.338. The molecule has 23 heavy (non-hydrogen) atoms. The Balaban J connectivity index is 1.61. The van der Waals surface area contributed by atoms with Crippen molar-refractivity contribution >= 4 is 5.82 Å². The van der Waals surface area contributed by atoms with Gasteiger partial charge in [0.05, 0.1) is 0 Å². The third-order valence-corrected chi connectivity index (χ3v) is 4.25. The first-order valence-electron chi connectivity index (χ1n) is 8.24. The third kappa shape index (κ3) is 3.99. The van der Waals surface area contributed by atoms with E-state index in [4.69, 9.17) is 0 Å². The van der Waals surface area contributed by atoms with Gasteiger partial charge in [-0.1, -0.05) is 19.1 Å². The molecular weight excluding hydrogens is 288 g/mol. The van der Waals surface area contributed by atoms with Gasteiger partial charge in [-0.15, -0.1) is 0 Å². The molecule has 1 N–H and O–H groups in total. The molecule has 0 bridgehead atoms. The van der Waals surface area contributed by atoms with Crippen LogP contribution in [-0.4, -0.2) is 46.2 Å². The average Bonchev–Trinajstić information content (AvgIpc) is 2.55. The molecule has 0 spiro atoms. The van der Waals surface area contributed by atoms with Crippen molar-refractivity contribution in [2.24, 2.45) is 0 Å². The fourth-order valence-electron chi connectivity index (χ4n) is 3.00. The standard InChI is InChI=1S/C18H24N4O/c1-3-16-12-18(20-14(2)19-16)22-9-7-21(8-10-22)13-15-5-4-6-17(23)11-15/h4-6,11-12,23H,3,7-10,13H2,1-2H3. The van der Waals surface area contributed by atoms with Crippen LogP contribution in [0.2, 0.25) is 0 Å². The summed E-state index contributed by atoms with van der Waals surface area (Å²) in [7, 11) is 0. The summed E-state index contributed by atoms with van der Waals surface area (Å²) in [6.45, 7) is 8.90. The van der Waals surface area contributed by atoms with E-state index in [1.165, 1.54) is 0 Å². The number of aromatic hydroxyl groups is 1. The molecule has 0 radical (unpaired) electrons. The first-order chi connectivity index (χ1) is 11.1. The average molecular weight is 312 g/mol. The summed E-state index contributed by atoms with van der Waals surface area (Å²) in [4.78, 5) is 13.8. The molecule has 1 aromatic heterocycles. The number of aryl methyl sites for hydroxylation is 2. The molecule has 0 unspecified atom stereocenters. The summed E-state index contributed by atoms with van der Waals surface area (Å²) in [6.07, 6.45) is 0.938. The summed E-state index contributed by atoms with van der Waals surface area (Å²) in [6, 6.07) is 9.63. The lowest BCUT2D eigenvalue weighted by Crippen LogP contribution is -2.46. The predicted octanol–water partition coefficient (Wildman–Crippen LogP) is 2.38. The summed E-state index contributed by atoms with van der Waals surface area (Å²) >= 11 is 0. The van der Waals surface area contributed by atoms with Crippen LogP contribution in [0, 0.1) is 6.92 Å². The SMILES string of the molecule is CCc1cc(N2CCN(Cc3cccc(O)c3)CC2)nc(C)n1. The summed E-state index contributed by atoms with van der Waals surface area (Å²) in [5.74, 6) is 2.23. The van der Waals surface area contributed by atoms with Crippen LogP contribution in [0.25, 0.3) is 0 Å². The van der Waals surface area contributed by atoms with E-state index < -0.39 is 0 Å². The maximum Gasteiger partial charge on any atom is 0.132 e. The number of benzene rings is 1. The smallest absolute Gasteiger partial charge is 0.132 e. The molecule has 0 atom stereocenters. The molecule has 5 heteroatoms. The van der Waals surface area contributed by atoms with E-state index in [2.05, 4.69) is 38.8 Å². The minimum absolute atomic E-state index is 0.338. The van der Waals surface area contributed by atoms with Crippen molar-refractivity contribution in [3.05, 3.63) is 47.4 Å². The van der Waals surface area contributed by atoms with Gasteiger partial charge in [0.15, 0.2) is 0 Å². The predicted molar refractivity (Wildman–Crippen MR) is 91.7 cm³/mol. The number of hydrogen-bond acceptors (Lipinski definition) is 5. The lowest BCUT2D eigenvalue weighted by molar-refractivity contribution is 0.249. The van der Waals surface area contributed by atoms with Crippen LogP contribution in [-0.2, 0) is 13.0 Å². The number of phenolic OH excluding ortho intramolecular Hbond substituents is 1. The van der Waals surface area contributed by atoms with E-state index in [9.17, 15) is 5.11 Å². The first kappa shape index (κ1) is 15.7. The van der Waals surface area contributed by atoms with Crippen molar-refractivity contribution in [1.29, 1.82) is 0 Å². The highest BCUT2D eigenvalue weighted by molar-refractivity contribution is 5.40. The summed E-state index contributed by atoms with van der Waals surface area (Å²) in [5.41, 5.74) is 2.26. The second kappa shape index (κ2) is 6.96. The molecule has 122 valence electrons. The quantitative estimate of drug-likeness (QED) is 0.939. The van der Waals surface area contributed by atoms with Crippen molar-refractivity contribution < 1.29 is 5.11 Å². The van der Waals surface area contributed by atoms with Gasteiger partial charge in [0, 0.05) is 44.5 Å². The van der Waals surface area contributed by atoms with E-state index >= 15 is 0 Å². The molecule has 3 rings (SSSR count). The molecular formula is C18H24N4O. The lowest BCUT2D eigenvalue weighted by atomic mass is 10.2. The van der Waals surface area contributed by atoms with Crippen molar-refractivity contribution in [3.63, 3.8) is 0 Å². The molecule has 0 saturated carbocycles. The zero-order chi connectivity index (χ0) is 16.2. The zero-order valence-corrected chi connectivity index (χ0v) is 13.9. The lowest BCUT2D eigenvalue weighted by Gasteiger charge is -2.35. The second-order valence-electron chi connectivity index (χ2n) is 6.05. The van der Waals surface area contributed by atoms with Gasteiger partial charge in [-0.25, -0.2) is 9.97 Å². The Morgan fingerprint density at radius 3 is 2.57 bits per heavy atom. The molecule has 2 aromatic rings. The summed E-state index contributed by atoms with van der Waals surface area (Å²) < 4.78 is 0. The fraction of sp³-hybridized carbons (Fsp3) is 0.444. The Bertz CT molecular complexity index is 666. The van der Waals surface area contributed by atoms with Crippen molar-refractivity contribution in [3.8, 4) is 5.75 Å². The highest BCUT2D eigenvalue weighted by atomic mass is 16.3.